The molecule has 26 heavy (non-hydrogen) atoms. The van der Waals surface area contributed by atoms with Crippen LogP contribution in [0.5, 0.6) is 5.75 Å². The van der Waals surface area contributed by atoms with Gasteiger partial charge in [-0.25, -0.2) is 19.4 Å². The van der Waals surface area contributed by atoms with Gasteiger partial charge in [-0.05, 0) is 32.0 Å². The highest BCUT2D eigenvalue weighted by atomic mass is 16.5. The number of nitrogens with zero attached hydrogens (tertiary/aromatic N) is 4. The molecule has 0 bridgehead atoms. The number of hydrogen-bond donors (Lipinski definition) is 2. The average Bonchev–Trinajstić information content (AvgIpc) is 2.98. The Morgan fingerprint density at radius 2 is 1.96 bits per heavy atom. The summed E-state index contributed by atoms with van der Waals surface area (Å²) in [7, 11) is 0. The fourth-order valence-corrected chi connectivity index (χ4v) is 2.40. The lowest BCUT2D eigenvalue weighted by molar-refractivity contribution is 0.247. The minimum Gasteiger partial charge on any atom is -0.492 e. The number of carbonyl (C=O) groups is 1. The van der Waals surface area contributed by atoms with E-state index in [9.17, 15) is 4.79 Å². The Morgan fingerprint density at radius 3 is 2.69 bits per heavy atom. The van der Waals surface area contributed by atoms with Crippen molar-refractivity contribution in [2.45, 2.75) is 13.8 Å². The molecule has 0 aliphatic rings. The zero-order valence-corrected chi connectivity index (χ0v) is 14.6. The fourth-order valence-electron chi connectivity index (χ4n) is 2.40. The molecular formula is C18H20N6O2. The van der Waals surface area contributed by atoms with Crippen LogP contribution in [-0.2, 0) is 0 Å². The van der Waals surface area contributed by atoms with E-state index in [0.29, 0.717) is 24.8 Å². The Bertz CT molecular complexity index is 878. The molecule has 0 unspecified atom stereocenters. The van der Waals surface area contributed by atoms with Crippen LogP contribution in [0.1, 0.15) is 11.4 Å². The first kappa shape index (κ1) is 17.4. The second-order valence-electron chi connectivity index (χ2n) is 5.64. The molecule has 2 aromatic heterocycles. The summed E-state index contributed by atoms with van der Waals surface area (Å²) in [6, 6.07) is 12.7. The van der Waals surface area contributed by atoms with E-state index in [4.69, 9.17) is 4.74 Å². The molecule has 0 spiro atoms. The summed E-state index contributed by atoms with van der Waals surface area (Å²) in [6.45, 7) is 4.60. The van der Waals surface area contributed by atoms with Gasteiger partial charge in [0.2, 0.25) is 0 Å². The largest absolute Gasteiger partial charge is 0.492 e. The van der Waals surface area contributed by atoms with Gasteiger partial charge in [0.15, 0.2) is 5.82 Å². The van der Waals surface area contributed by atoms with Gasteiger partial charge in [0.05, 0.1) is 12.2 Å². The highest BCUT2D eigenvalue weighted by molar-refractivity contribution is 5.88. The maximum atomic E-state index is 12.0. The summed E-state index contributed by atoms with van der Waals surface area (Å²) < 4.78 is 7.22. The summed E-state index contributed by atoms with van der Waals surface area (Å²) in [5.41, 5.74) is 1.85. The molecular weight excluding hydrogens is 332 g/mol. The summed E-state index contributed by atoms with van der Waals surface area (Å²) >= 11 is 0. The maximum Gasteiger partial charge on any atom is 0.320 e. The molecule has 8 heteroatoms. The second kappa shape index (κ2) is 8.11. The van der Waals surface area contributed by atoms with Crippen LogP contribution >= 0.6 is 0 Å². The van der Waals surface area contributed by atoms with Crippen molar-refractivity contribution in [3.8, 4) is 11.6 Å². The summed E-state index contributed by atoms with van der Waals surface area (Å²) in [5.74, 6) is 1.75. The highest BCUT2D eigenvalue weighted by Crippen LogP contribution is 2.12. The van der Waals surface area contributed by atoms with Crippen LogP contribution in [-0.4, -0.2) is 38.9 Å². The van der Waals surface area contributed by atoms with Crippen molar-refractivity contribution in [3.63, 3.8) is 0 Å². The Kier molecular flexibility index (Phi) is 5.43. The number of carbonyl (C=O) groups excluding carboxylic acids is 1. The molecule has 0 saturated heterocycles. The zero-order chi connectivity index (χ0) is 18.4. The van der Waals surface area contributed by atoms with Crippen molar-refractivity contribution in [3.05, 3.63) is 60.2 Å². The van der Waals surface area contributed by atoms with Crippen LogP contribution < -0.4 is 15.4 Å². The van der Waals surface area contributed by atoms with Crippen LogP contribution in [0.4, 0.5) is 10.6 Å². The Labute approximate surface area is 151 Å². The lowest BCUT2D eigenvalue weighted by Crippen LogP contribution is -2.32. The number of para-hydroxylation sites is 1. The van der Waals surface area contributed by atoms with E-state index in [2.05, 4.69) is 25.7 Å². The van der Waals surface area contributed by atoms with E-state index in [-0.39, 0.29) is 6.03 Å². The molecule has 2 amide bonds. The number of aryl methyl sites for hydroxylation is 2. The van der Waals surface area contributed by atoms with Crippen LogP contribution in [0, 0.1) is 13.8 Å². The van der Waals surface area contributed by atoms with Gasteiger partial charge < -0.3 is 10.1 Å². The summed E-state index contributed by atoms with van der Waals surface area (Å²) in [6.07, 6.45) is 1.39. The molecule has 0 fully saturated rings. The van der Waals surface area contributed by atoms with Crippen molar-refractivity contribution in [2.24, 2.45) is 0 Å². The monoisotopic (exact) mass is 352 g/mol. The number of ether oxygens (including phenoxy) is 1. The molecule has 8 nitrogen and oxygen atoms in total. The molecule has 3 aromatic rings. The van der Waals surface area contributed by atoms with E-state index in [1.807, 2.05) is 50.2 Å². The van der Waals surface area contributed by atoms with Crippen molar-refractivity contribution in [2.75, 3.05) is 18.5 Å². The Hall–Kier alpha value is -3.42. The van der Waals surface area contributed by atoms with Gasteiger partial charge in [-0.2, -0.15) is 5.10 Å². The number of aromatic nitrogens is 4. The van der Waals surface area contributed by atoms with Crippen molar-refractivity contribution in [1.29, 1.82) is 0 Å². The number of hydrogen-bond acceptors (Lipinski definition) is 5. The fraction of sp³-hybridized carbons (Fsp3) is 0.222. The lowest BCUT2D eigenvalue weighted by Gasteiger charge is -2.09. The topological polar surface area (TPSA) is 94.0 Å². The summed E-state index contributed by atoms with van der Waals surface area (Å²) in [4.78, 5) is 20.2. The molecule has 2 heterocycles. The zero-order valence-electron chi connectivity index (χ0n) is 14.6. The van der Waals surface area contributed by atoms with Crippen LogP contribution in [0.15, 0.2) is 48.8 Å². The number of rotatable bonds is 6. The Morgan fingerprint density at radius 1 is 1.15 bits per heavy atom. The first-order valence-corrected chi connectivity index (χ1v) is 8.20. The molecule has 1 aromatic carbocycles. The number of urea groups is 1. The predicted molar refractivity (Wildman–Crippen MR) is 97.6 cm³/mol. The van der Waals surface area contributed by atoms with Crippen LogP contribution in [0.2, 0.25) is 0 Å². The van der Waals surface area contributed by atoms with Crippen LogP contribution in [0.3, 0.4) is 0 Å². The van der Waals surface area contributed by atoms with Gasteiger partial charge in [-0.3, -0.25) is 5.32 Å². The smallest absolute Gasteiger partial charge is 0.320 e. The van der Waals surface area contributed by atoms with Crippen molar-refractivity contribution >= 4 is 11.8 Å². The third-order valence-corrected chi connectivity index (χ3v) is 3.52. The third-order valence-electron chi connectivity index (χ3n) is 3.52. The number of anilines is 1. The number of nitrogens with one attached hydrogen (secondary N) is 2. The van der Waals surface area contributed by atoms with Crippen molar-refractivity contribution in [1.82, 2.24) is 25.1 Å². The molecule has 0 aliphatic carbocycles. The predicted octanol–water partition coefficient (Wildman–Crippen LogP) is 2.48. The van der Waals surface area contributed by atoms with Crippen LogP contribution in [0.25, 0.3) is 5.82 Å². The highest BCUT2D eigenvalue weighted by Gasteiger charge is 2.08. The quantitative estimate of drug-likeness (QED) is 0.665. The van der Waals surface area contributed by atoms with Gasteiger partial charge in [0.1, 0.15) is 24.5 Å². The molecule has 0 radical (unpaired) electrons. The molecule has 0 saturated carbocycles. The Balaban J connectivity index is 1.51. The molecule has 3 rings (SSSR count). The first-order valence-electron chi connectivity index (χ1n) is 8.20. The molecule has 0 aliphatic heterocycles. The van der Waals surface area contributed by atoms with E-state index in [0.717, 1.165) is 17.1 Å². The van der Waals surface area contributed by atoms with E-state index < -0.39 is 0 Å². The van der Waals surface area contributed by atoms with E-state index >= 15 is 0 Å². The summed E-state index contributed by atoms with van der Waals surface area (Å²) in [5, 5.41) is 9.77. The number of amides is 2. The van der Waals surface area contributed by atoms with E-state index in [1.54, 1.807) is 10.7 Å². The second-order valence-corrected chi connectivity index (χ2v) is 5.64. The number of benzene rings is 1. The minimum absolute atomic E-state index is 0.361. The molecule has 0 atom stereocenters. The first-order chi connectivity index (χ1) is 12.6. The van der Waals surface area contributed by atoms with Crippen molar-refractivity contribution < 1.29 is 9.53 Å². The normalized spacial score (nSPS) is 10.4. The standard InChI is InChI=1S/C18H20N6O2/c1-13-10-14(2)24(23-13)17-11-16(20-12-21-17)22-18(25)19-8-9-26-15-6-4-3-5-7-15/h3-7,10-12H,8-9H2,1-2H3,(H2,19,20,21,22,25). The average molecular weight is 352 g/mol. The van der Waals surface area contributed by atoms with Gasteiger partial charge >= 0.3 is 6.03 Å². The van der Waals surface area contributed by atoms with Gasteiger partial charge in [-0.15, -0.1) is 0 Å². The van der Waals surface area contributed by atoms with Gasteiger partial charge in [-0.1, -0.05) is 18.2 Å². The lowest BCUT2D eigenvalue weighted by atomic mass is 10.3. The minimum atomic E-state index is -0.361. The SMILES string of the molecule is Cc1cc(C)n(-c2cc(NC(=O)NCCOc3ccccc3)ncn2)n1. The molecule has 134 valence electrons. The molecule has 2 N–H and O–H groups in total. The van der Waals surface area contributed by atoms with E-state index in [1.165, 1.54) is 6.33 Å². The maximum absolute atomic E-state index is 12.0. The van der Waals surface area contributed by atoms with Gasteiger partial charge in [0.25, 0.3) is 0 Å². The third kappa shape index (κ3) is 4.56. The van der Waals surface area contributed by atoms with Gasteiger partial charge in [0, 0.05) is 11.8 Å².